The van der Waals surface area contributed by atoms with Gasteiger partial charge in [-0.05, 0) is 76.6 Å². The average molecular weight is 405 g/mol. The highest BCUT2D eigenvalue weighted by molar-refractivity contribution is 5.78. The zero-order valence-corrected chi connectivity index (χ0v) is 18.8. The molecule has 1 heteroatoms. The van der Waals surface area contributed by atoms with E-state index in [4.69, 9.17) is 0 Å². The topological polar surface area (TPSA) is 3.24 Å². The van der Waals surface area contributed by atoms with E-state index < -0.39 is 0 Å². The van der Waals surface area contributed by atoms with Crippen molar-refractivity contribution < 1.29 is 0 Å². The normalized spacial score (nSPS) is 11.2. The van der Waals surface area contributed by atoms with Gasteiger partial charge in [0.2, 0.25) is 0 Å². The minimum atomic E-state index is 0.429. The largest absolute Gasteiger partial charge is 0.311 e. The van der Waals surface area contributed by atoms with Crippen LogP contribution in [0.1, 0.15) is 50.7 Å². The van der Waals surface area contributed by atoms with Crippen LogP contribution in [-0.2, 0) is 0 Å². The van der Waals surface area contributed by atoms with Crippen LogP contribution < -0.4 is 4.90 Å². The highest BCUT2D eigenvalue weighted by atomic mass is 15.1. The minimum Gasteiger partial charge on any atom is -0.311 e. The molecule has 0 aliphatic carbocycles. The van der Waals surface area contributed by atoms with Crippen LogP contribution in [0.5, 0.6) is 0 Å². The van der Waals surface area contributed by atoms with Gasteiger partial charge in [-0.1, -0.05) is 88.4 Å². The zero-order chi connectivity index (χ0) is 21.8. The van der Waals surface area contributed by atoms with E-state index in [0.717, 1.165) is 17.1 Å². The Morgan fingerprint density at radius 1 is 0.548 bits per heavy atom. The monoisotopic (exact) mass is 404 g/mol. The lowest BCUT2D eigenvalue weighted by Crippen LogP contribution is -2.09. The van der Waals surface area contributed by atoms with Crippen molar-refractivity contribution in [1.82, 2.24) is 0 Å². The van der Waals surface area contributed by atoms with Gasteiger partial charge in [0.25, 0.3) is 0 Å². The number of rotatable bonds is 6. The van der Waals surface area contributed by atoms with E-state index in [2.05, 4.69) is 136 Å². The third-order valence-electron chi connectivity index (χ3n) is 5.66. The standard InChI is InChI=1S/C30H30N/c1-22(2)25-17-20-29(30(21-25)23(3)4)24-15-18-28(19-16-24)31(26-11-7-5-8-12-26)27-13-9-6-10-14-27/h5-20,22-23H,1-4H3. The number of hydrogen-bond donors (Lipinski definition) is 0. The first-order valence-corrected chi connectivity index (χ1v) is 11.1. The molecule has 0 aliphatic heterocycles. The Hall–Kier alpha value is -3.32. The van der Waals surface area contributed by atoms with Crippen LogP contribution in [0.15, 0.2) is 97.1 Å². The van der Waals surface area contributed by atoms with Crippen molar-refractivity contribution in [2.75, 3.05) is 4.90 Å². The van der Waals surface area contributed by atoms with E-state index in [1.54, 1.807) is 0 Å². The lowest BCUT2D eigenvalue weighted by Gasteiger charge is -2.25. The number of para-hydroxylation sites is 2. The highest BCUT2D eigenvalue weighted by Gasteiger charge is 2.14. The summed E-state index contributed by atoms with van der Waals surface area (Å²) in [5.41, 5.74) is 8.54. The van der Waals surface area contributed by atoms with Gasteiger partial charge in [0.15, 0.2) is 0 Å². The molecular formula is C30H30N. The first kappa shape index (κ1) is 20.9. The van der Waals surface area contributed by atoms with E-state index in [9.17, 15) is 0 Å². The summed E-state index contributed by atoms with van der Waals surface area (Å²) >= 11 is 0. The number of hydrogen-bond acceptors (Lipinski definition) is 1. The summed E-state index contributed by atoms with van der Waals surface area (Å²) in [6.07, 6.45) is 0. The van der Waals surface area contributed by atoms with Gasteiger partial charge in [0.05, 0.1) is 0 Å². The molecule has 0 unspecified atom stereocenters. The Balaban J connectivity index is 1.75. The van der Waals surface area contributed by atoms with E-state index >= 15 is 0 Å². The molecule has 1 radical (unpaired) electrons. The van der Waals surface area contributed by atoms with Gasteiger partial charge < -0.3 is 4.90 Å². The first-order valence-electron chi connectivity index (χ1n) is 11.1. The maximum Gasteiger partial charge on any atom is 0.0462 e. The number of nitrogens with zero attached hydrogens (tertiary/aromatic N) is 1. The summed E-state index contributed by atoms with van der Waals surface area (Å²) in [6, 6.07) is 38.1. The van der Waals surface area contributed by atoms with E-state index in [-0.39, 0.29) is 0 Å². The van der Waals surface area contributed by atoms with Crippen LogP contribution in [0, 0.1) is 6.07 Å². The molecule has 31 heavy (non-hydrogen) atoms. The molecular weight excluding hydrogens is 374 g/mol. The Kier molecular flexibility index (Phi) is 6.23. The Labute approximate surface area is 187 Å². The van der Waals surface area contributed by atoms with Gasteiger partial charge in [-0.2, -0.15) is 0 Å². The molecule has 0 amide bonds. The smallest absolute Gasteiger partial charge is 0.0462 e. The molecule has 0 heterocycles. The van der Waals surface area contributed by atoms with E-state index in [1.165, 1.54) is 22.3 Å². The highest BCUT2D eigenvalue weighted by Crippen LogP contribution is 2.37. The maximum atomic E-state index is 3.69. The van der Waals surface area contributed by atoms with Crippen molar-refractivity contribution in [2.24, 2.45) is 0 Å². The molecule has 0 aliphatic rings. The first-order chi connectivity index (χ1) is 15.0. The summed E-state index contributed by atoms with van der Waals surface area (Å²) < 4.78 is 0. The van der Waals surface area contributed by atoms with Crippen LogP contribution in [0.2, 0.25) is 0 Å². The molecule has 0 atom stereocenters. The van der Waals surface area contributed by atoms with Crippen LogP contribution in [0.25, 0.3) is 11.1 Å². The predicted molar refractivity (Wildman–Crippen MR) is 134 cm³/mol. The Bertz CT molecular complexity index is 1070. The second-order valence-electron chi connectivity index (χ2n) is 8.60. The molecule has 155 valence electrons. The summed E-state index contributed by atoms with van der Waals surface area (Å²) in [7, 11) is 0. The van der Waals surface area contributed by atoms with Crippen LogP contribution in [-0.4, -0.2) is 0 Å². The molecule has 0 aromatic heterocycles. The van der Waals surface area contributed by atoms with E-state index in [0.29, 0.717) is 11.8 Å². The lowest BCUT2D eigenvalue weighted by molar-refractivity contribution is 0.832. The third-order valence-corrected chi connectivity index (χ3v) is 5.66. The molecule has 4 aromatic carbocycles. The average Bonchev–Trinajstić information content (AvgIpc) is 2.81. The predicted octanol–water partition coefficient (Wildman–Crippen LogP) is 8.87. The van der Waals surface area contributed by atoms with Crippen molar-refractivity contribution in [3.63, 3.8) is 0 Å². The van der Waals surface area contributed by atoms with E-state index in [1.807, 2.05) is 0 Å². The van der Waals surface area contributed by atoms with Crippen LogP contribution >= 0.6 is 0 Å². The third kappa shape index (κ3) is 4.56. The quantitative estimate of drug-likeness (QED) is 0.310. The maximum absolute atomic E-state index is 3.69. The van der Waals surface area contributed by atoms with Crippen molar-refractivity contribution >= 4 is 17.1 Å². The summed E-state index contributed by atoms with van der Waals surface area (Å²) in [5, 5.41) is 0. The number of anilines is 3. The zero-order valence-electron chi connectivity index (χ0n) is 18.8. The second-order valence-corrected chi connectivity index (χ2v) is 8.60. The van der Waals surface area contributed by atoms with Crippen LogP contribution in [0.4, 0.5) is 17.1 Å². The fraction of sp³-hybridized carbons (Fsp3) is 0.200. The molecule has 4 aromatic rings. The summed E-state index contributed by atoms with van der Waals surface area (Å²) in [6.45, 7) is 8.96. The molecule has 0 saturated carbocycles. The van der Waals surface area contributed by atoms with Gasteiger partial charge in [-0.15, -0.1) is 0 Å². The lowest BCUT2D eigenvalue weighted by atomic mass is 9.88. The SMILES string of the molecule is CC(C)c1[c]c(C(C)C)c(-c2ccc(N(c3ccccc3)c3ccccc3)cc2)cc1. The molecule has 4 rings (SSSR count). The van der Waals surface area contributed by atoms with Gasteiger partial charge in [-0.3, -0.25) is 0 Å². The molecule has 0 bridgehead atoms. The van der Waals surface area contributed by atoms with Gasteiger partial charge in [0.1, 0.15) is 0 Å². The molecule has 0 fully saturated rings. The van der Waals surface area contributed by atoms with Crippen molar-refractivity contribution in [3.05, 3.63) is 114 Å². The van der Waals surface area contributed by atoms with Crippen molar-refractivity contribution in [2.45, 2.75) is 39.5 Å². The number of benzene rings is 4. The Morgan fingerprint density at radius 3 is 1.55 bits per heavy atom. The second kappa shape index (κ2) is 9.22. The fourth-order valence-corrected chi connectivity index (χ4v) is 3.96. The van der Waals surface area contributed by atoms with Crippen molar-refractivity contribution in [3.8, 4) is 11.1 Å². The molecule has 0 N–H and O–H groups in total. The van der Waals surface area contributed by atoms with Crippen LogP contribution in [0.3, 0.4) is 0 Å². The van der Waals surface area contributed by atoms with Crippen molar-refractivity contribution in [1.29, 1.82) is 0 Å². The molecule has 1 nitrogen and oxygen atoms in total. The molecule has 0 saturated heterocycles. The summed E-state index contributed by atoms with van der Waals surface area (Å²) in [4.78, 5) is 2.29. The fourth-order valence-electron chi connectivity index (χ4n) is 3.96. The minimum absolute atomic E-state index is 0.429. The van der Waals surface area contributed by atoms with Gasteiger partial charge >= 0.3 is 0 Å². The molecule has 0 spiro atoms. The summed E-state index contributed by atoms with van der Waals surface area (Å²) in [5.74, 6) is 0.915. The van der Waals surface area contributed by atoms with Gasteiger partial charge in [-0.25, -0.2) is 0 Å². The Morgan fingerprint density at radius 2 is 1.06 bits per heavy atom. The van der Waals surface area contributed by atoms with Gasteiger partial charge in [0, 0.05) is 17.1 Å².